The minimum atomic E-state index is -0.157. The van der Waals surface area contributed by atoms with Gasteiger partial charge in [-0.2, -0.15) is 0 Å². The highest BCUT2D eigenvalue weighted by molar-refractivity contribution is 7.12. The SMILES string of the molecule is O=C(CCNC(=O)c1cccs1)Nc1ccc(-c2nnnn2C2CC2)cc1. The third-order valence-corrected chi connectivity index (χ3v) is 5.06. The molecule has 0 atom stereocenters. The van der Waals surface area contributed by atoms with Crippen LogP contribution >= 0.6 is 11.3 Å². The molecule has 138 valence electrons. The third-order valence-electron chi connectivity index (χ3n) is 4.20. The van der Waals surface area contributed by atoms with Crippen LogP contribution in [-0.2, 0) is 4.79 Å². The van der Waals surface area contributed by atoms with E-state index in [2.05, 4.69) is 26.2 Å². The van der Waals surface area contributed by atoms with Gasteiger partial charge < -0.3 is 10.6 Å². The van der Waals surface area contributed by atoms with Crippen molar-refractivity contribution in [2.45, 2.75) is 25.3 Å². The van der Waals surface area contributed by atoms with E-state index < -0.39 is 0 Å². The third kappa shape index (κ3) is 4.20. The zero-order chi connectivity index (χ0) is 18.6. The number of carbonyl (C=O) groups excluding carboxylic acids is 2. The molecule has 0 spiro atoms. The Morgan fingerprint density at radius 1 is 1.19 bits per heavy atom. The monoisotopic (exact) mass is 382 g/mol. The van der Waals surface area contributed by atoms with Crippen molar-refractivity contribution in [3.63, 3.8) is 0 Å². The van der Waals surface area contributed by atoms with Gasteiger partial charge in [0.05, 0.1) is 10.9 Å². The van der Waals surface area contributed by atoms with E-state index in [1.165, 1.54) is 11.3 Å². The highest BCUT2D eigenvalue weighted by atomic mass is 32.1. The molecule has 1 saturated carbocycles. The molecule has 0 bridgehead atoms. The number of carbonyl (C=O) groups is 2. The summed E-state index contributed by atoms with van der Waals surface area (Å²) in [5, 5.41) is 19.3. The van der Waals surface area contributed by atoms with Crippen LogP contribution in [0.5, 0.6) is 0 Å². The fraction of sp³-hybridized carbons (Fsp3) is 0.278. The molecule has 2 heterocycles. The van der Waals surface area contributed by atoms with Crippen molar-refractivity contribution in [1.82, 2.24) is 25.5 Å². The van der Waals surface area contributed by atoms with Gasteiger partial charge in [0.2, 0.25) is 5.91 Å². The fourth-order valence-electron chi connectivity index (χ4n) is 2.66. The van der Waals surface area contributed by atoms with Gasteiger partial charge in [-0.1, -0.05) is 6.07 Å². The largest absolute Gasteiger partial charge is 0.351 e. The van der Waals surface area contributed by atoms with E-state index in [4.69, 9.17) is 0 Å². The number of thiophene rings is 1. The topological polar surface area (TPSA) is 102 Å². The lowest BCUT2D eigenvalue weighted by Crippen LogP contribution is -2.27. The Balaban J connectivity index is 1.28. The van der Waals surface area contributed by atoms with Gasteiger partial charge in [0.1, 0.15) is 0 Å². The van der Waals surface area contributed by atoms with E-state index in [1.54, 1.807) is 6.07 Å². The van der Waals surface area contributed by atoms with Crippen LogP contribution < -0.4 is 10.6 Å². The first-order valence-corrected chi connectivity index (χ1v) is 9.58. The van der Waals surface area contributed by atoms with Crippen LogP contribution in [0.3, 0.4) is 0 Å². The number of hydrogen-bond acceptors (Lipinski definition) is 6. The van der Waals surface area contributed by atoms with Gasteiger partial charge >= 0.3 is 0 Å². The summed E-state index contributed by atoms with van der Waals surface area (Å²) in [6.07, 6.45) is 2.42. The molecular formula is C18H18N6O2S. The zero-order valence-corrected chi connectivity index (χ0v) is 15.3. The molecular weight excluding hydrogens is 364 g/mol. The normalized spacial score (nSPS) is 13.3. The number of nitrogens with one attached hydrogen (secondary N) is 2. The number of hydrogen-bond donors (Lipinski definition) is 2. The molecule has 1 fully saturated rings. The van der Waals surface area contributed by atoms with Crippen molar-refractivity contribution >= 4 is 28.8 Å². The fourth-order valence-corrected chi connectivity index (χ4v) is 3.30. The second kappa shape index (κ2) is 7.67. The maximum Gasteiger partial charge on any atom is 0.261 e. The zero-order valence-electron chi connectivity index (χ0n) is 14.5. The first-order chi connectivity index (χ1) is 13.2. The van der Waals surface area contributed by atoms with Gasteiger partial charge in [0, 0.05) is 24.2 Å². The number of benzene rings is 1. The van der Waals surface area contributed by atoms with E-state index in [0.717, 1.165) is 24.2 Å². The van der Waals surface area contributed by atoms with Gasteiger partial charge in [-0.05, 0) is 59.0 Å². The number of anilines is 1. The van der Waals surface area contributed by atoms with Crippen LogP contribution in [0.15, 0.2) is 41.8 Å². The summed E-state index contributed by atoms with van der Waals surface area (Å²) in [7, 11) is 0. The summed E-state index contributed by atoms with van der Waals surface area (Å²) >= 11 is 1.37. The molecule has 4 rings (SSSR count). The summed E-state index contributed by atoms with van der Waals surface area (Å²) < 4.78 is 1.85. The van der Waals surface area contributed by atoms with E-state index in [-0.39, 0.29) is 24.8 Å². The number of rotatable bonds is 7. The Labute approximate surface area is 159 Å². The second-order valence-corrected chi connectivity index (χ2v) is 7.23. The van der Waals surface area contributed by atoms with Crippen LogP contribution in [-0.4, -0.2) is 38.6 Å². The second-order valence-electron chi connectivity index (χ2n) is 6.29. The van der Waals surface area contributed by atoms with E-state index >= 15 is 0 Å². The maximum atomic E-state index is 12.0. The summed E-state index contributed by atoms with van der Waals surface area (Å²) in [5.74, 6) is 0.430. The van der Waals surface area contributed by atoms with Crippen molar-refractivity contribution < 1.29 is 9.59 Å². The number of aromatic nitrogens is 4. The summed E-state index contributed by atoms with van der Waals surface area (Å²) in [6.45, 7) is 0.289. The van der Waals surface area contributed by atoms with Crippen LogP contribution in [0.2, 0.25) is 0 Å². The van der Waals surface area contributed by atoms with Gasteiger partial charge in [0.15, 0.2) is 5.82 Å². The smallest absolute Gasteiger partial charge is 0.261 e. The molecule has 27 heavy (non-hydrogen) atoms. The average Bonchev–Trinajstić information content (AvgIpc) is 3.17. The Morgan fingerprint density at radius 3 is 2.70 bits per heavy atom. The van der Waals surface area contributed by atoms with Crippen LogP contribution in [0.1, 0.15) is 35.0 Å². The van der Waals surface area contributed by atoms with Crippen molar-refractivity contribution in [3.05, 3.63) is 46.7 Å². The quantitative estimate of drug-likeness (QED) is 0.654. The molecule has 1 aliphatic rings. The minimum absolute atomic E-state index is 0.156. The van der Waals surface area contributed by atoms with Crippen molar-refractivity contribution in [1.29, 1.82) is 0 Å². The van der Waals surface area contributed by atoms with E-state index in [1.807, 2.05) is 40.4 Å². The molecule has 8 nitrogen and oxygen atoms in total. The molecule has 3 aromatic rings. The van der Waals surface area contributed by atoms with Gasteiger partial charge in [-0.15, -0.1) is 16.4 Å². The first kappa shape index (κ1) is 17.3. The number of amides is 2. The molecule has 2 N–H and O–H groups in total. The lowest BCUT2D eigenvalue weighted by molar-refractivity contribution is -0.116. The highest BCUT2D eigenvalue weighted by Crippen LogP contribution is 2.36. The standard InChI is InChI=1S/C18H18N6O2S/c25-16(9-10-19-18(26)15-2-1-11-27-15)20-13-5-3-12(4-6-13)17-21-22-23-24(17)14-7-8-14/h1-6,11,14H,7-10H2,(H,19,26)(H,20,25). The predicted octanol–water partition coefficient (Wildman–Crippen LogP) is 2.50. The van der Waals surface area contributed by atoms with Gasteiger partial charge in [-0.3, -0.25) is 9.59 Å². The Hall–Kier alpha value is -3.07. The molecule has 0 aliphatic heterocycles. The molecule has 2 amide bonds. The van der Waals surface area contributed by atoms with Gasteiger partial charge in [0.25, 0.3) is 5.91 Å². The van der Waals surface area contributed by atoms with E-state index in [9.17, 15) is 9.59 Å². The summed E-state index contributed by atoms with van der Waals surface area (Å²) in [4.78, 5) is 24.5. The van der Waals surface area contributed by atoms with Gasteiger partial charge in [-0.25, -0.2) is 4.68 Å². The Kier molecular flexibility index (Phi) is 4.93. The maximum absolute atomic E-state index is 12.0. The molecule has 9 heteroatoms. The van der Waals surface area contributed by atoms with Crippen molar-refractivity contribution in [2.24, 2.45) is 0 Å². The first-order valence-electron chi connectivity index (χ1n) is 8.70. The van der Waals surface area contributed by atoms with Crippen molar-refractivity contribution in [3.8, 4) is 11.4 Å². The summed E-state index contributed by atoms with van der Waals surface area (Å²) in [6, 6.07) is 11.4. The highest BCUT2D eigenvalue weighted by Gasteiger charge is 2.28. The van der Waals surface area contributed by atoms with E-state index in [0.29, 0.717) is 16.6 Å². The minimum Gasteiger partial charge on any atom is -0.351 e. The Bertz CT molecular complexity index is 931. The molecule has 0 unspecified atom stereocenters. The predicted molar refractivity (Wildman–Crippen MR) is 101 cm³/mol. The molecule has 0 radical (unpaired) electrons. The van der Waals surface area contributed by atoms with Crippen LogP contribution in [0.4, 0.5) is 5.69 Å². The Morgan fingerprint density at radius 2 is 2.00 bits per heavy atom. The van der Waals surface area contributed by atoms with Crippen LogP contribution in [0.25, 0.3) is 11.4 Å². The molecule has 1 aromatic carbocycles. The molecule has 2 aromatic heterocycles. The summed E-state index contributed by atoms with van der Waals surface area (Å²) in [5.41, 5.74) is 1.60. The lowest BCUT2D eigenvalue weighted by atomic mass is 10.2. The molecule has 0 saturated heterocycles. The lowest BCUT2D eigenvalue weighted by Gasteiger charge is -2.07. The molecule has 1 aliphatic carbocycles. The van der Waals surface area contributed by atoms with Crippen LogP contribution in [0, 0.1) is 0 Å². The van der Waals surface area contributed by atoms with Crippen molar-refractivity contribution in [2.75, 3.05) is 11.9 Å². The number of tetrazole rings is 1. The average molecular weight is 382 g/mol. The number of nitrogens with zero attached hydrogens (tertiary/aromatic N) is 4.